The van der Waals surface area contributed by atoms with Crippen LogP contribution in [0.5, 0.6) is 46.0 Å². The normalized spacial score (nSPS) is 29.8. The first-order valence-corrected chi connectivity index (χ1v) is 42.2. The molecular weight excluding hydrogens is 1740 g/mol. The zero-order valence-corrected chi connectivity index (χ0v) is 72.6. The van der Waals surface area contributed by atoms with E-state index in [-0.39, 0.29) is 71.3 Å². The van der Waals surface area contributed by atoms with E-state index in [0.29, 0.717) is 13.1 Å². The first-order chi connectivity index (χ1) is 59.1. The number of aromatic hydroxyl groups is 3. The van der Waals surface area contributed by atoms with Gasteiger partial charge in [-0.25, -0.2) is 4.79 Å². The van der Waals surface area contributed by atoms with Gasteiger partial charge in [0, 0.05) is 58.2 Å². The topological polar surface area (TPSA) is 564 Å². The Kier molecular flexibility index (Phi) is 29.7. The van der Waals surface area contributed by atoms with E-state index >= 15 is 24.0 Å². The number of nitrogens with two attached hydrogens (primary N) is 2. The predicted octanol–water partition coefficient (Wildman–Crippen LogP) is 3.78. The summed E-state index contributed by atoms with van der Waals surface area (Å²) in [7, 11) is 1.48. The van der Waals surface area contributed by atoms with E-state index in [2.05, 4.69) is 58.5 Å². The molecule has 22 atom stereocenters. The van der Waals surface area contributed by atoms with Crippen LogP contribution in [-0.2, 0) is 75.1 Å². The molecule has 40 heteroatoms. The van der Waals surface area contributed by atoms with Crippen molar-refractivity contribution in [2.45, 2.75) is 227 Å². The van der Waals surface area contributed by atoms with E-state index < -0.39 is 261 Å². The monoisotopic (exact) mass is 1840 g/mol. The quantitative estimate of drug-likeness (QED) is 0.0460. The van der Waals surface area contributed by atoms with Gasteiger partial charge in [-0.2, -0.15) is 0 Å². The minimum Gasteiger partial charge on any atom is -0.507 e. The minimum atomic E-state index is -2.40. The van der Waals surface area contributed by atoms with Gasteiger partial charge in [0.1, 0.15) is 89.5 Å². The summed E-state index contributed by atoms with van der Waals surface area (Å²) in [5, 5.41) is 140. The van der Waals surface area contributed by atoms with Crippen molar-refractivity contribution < 1.29 is 127 Å². The molecular formula is C85H104BrCl2N11O26. The number of aliphatic carboxylic acids is 1. The Morgan fingerprint density at radius 2 is 1.30 bits per heavy atom. The fourth-order valence-corrected chi connectivity index (χ4v) is 17.1. The Hall–Kier alpha value is -9.66. The van der Waals surface area contributed by atoms with E-state index in [1.54, 1.807) is 32.6 Å². The van der Waals surface area contributed by atoms with Gasteiger partial charge in [0.05, 0.1) is 59.1 Å². The average Bonchev–Trinajstić information content (AvgIpc) is 0.767. The third-order valence-corrected chi connectivity index (χ3v) is 24.7. The summed E-state index contributed by atoms with van der Waals surface area (Å²) < 4.78 is 53.7. The highest BCUT2D eigenvalue weighted by molar-refractivity contribution is 9.10. The number of carbonyl (C=O) groups excluding carboxylic acids is 7. The van der Waals surface area contributed by atoms with Gasteiger partial charge in [-0.15, -0.1) is 0 Å². The lowest BCUT2D eigenvalue weighted by Crippen LogP contribution is -2.65. The lowest BCUT2D eigenvalue weighted by molar-refractivity contribution is -0.334. The molecule has 14 rings (SSSR count). The molecule has 125 heavy (non-hydrogen) atoms. The molecule has 7 amide bonds. The number of rotatable bonds is 22. The van der Waals surface area contributed by atoms with Crippen LogP contribution in [-0.4, -0.2) is 233 Å². The number of fused-ring (bicyclic) bond motifs is 15. The molecule has 8 aliphatic rings. The Morgan fingerprint density at radius 3 is 1.91 bits per heavy atom. The van der Waals surface area contributed by atoms with Crippen LogP contribution < -0.4 is 68.2 Å². The third kappa shape index (κ3) is 20.7. The van der Waals surface area contributed by atoms with Crippen LogP contribution >= 0.6 is 39.1 Å². The number of halogens is 3. The number of benzene rings is 6. The zero-order valence-electron chi connectivity index (χ0n) is 69.5. The van der Waals surface area contributed by atoms with Crippen molar-refractivity contribution >= 4 is 86.5 Å². The summed E-state index contributed by atoms with van der Waals surface area (Å²) in [4.78, 5) is 124. The lowest BCUT2D eigenvalue weighted by atomic mass is 9.84. The number of nitrogens with one attached hydrogen (secondary N) is 8. The SMILES string of the molecule is CCN(CC)Cc1c(O)cc2c(c1O)-c1cc(ccc1O)[C@H]1NC(=O)[C@@H]3NC(=O)[C@H](CC(N)=O)NC(=O)[C@H](NC(=O)[C@@H](CC(C)C)NC)[C@H](O)c4ccc(c(Cl)c4)Oc4cc3cc(c4O[C@H]3O[C@@H](CO)[C@H](O)[C@@H](O)[C@@H]3O[C@H]3C[C@](C)(NCc4ccccc4Br)[C@H](O)[C@H](C)O3)Oc3ccc(cc3Cl)[C@@H](O[C@H]3C[C@](C)(N)[C@H](O)[C@H](C)O3)[C@H](NC1=O)C(=O)N[C@H]2C(=O)O. The number of aliphatic hydroxyl groups is 6. The van der Waals surface area contributed by atoms with Crippen LogP contribution in [0.25, 0.3) is 11.1 Å². The lowest BCUT2D eigenvalue weighted by Gasteiger charge is -2.48. The fraction of sp³-hybridized carbons (Fsp3) is 0.482. The van der Waals surface area contributed by atoms with E-state index in [1.807, 2.05) is 38.1 Å². The molecule has 3 saturated heterocycles. The maximum Gasteiger partial charge on any atom is 0.330 e. The van der Waals surface area contributed by atoms with E-state index in [4.69, 9.17) is 72.6 Å². The van der Waals surface area contributed by atoms with Crippen molar-refractivity contribution in [3.63, 3.8) is 0 Å². The number of aliphatic hydroxyl groups excluding tert-OH is 6. The fourth-order valence-electron chi connectivity index (χ4n) is 16.2. The van der Waals surface area contributed by atoms with Gasteiger partial charge in [-0.1, -0.05) is 103 Å². The molecule has 37 nitrogen and oxygen atoms in total. The Labute approximate surface area is 736 Å². The van der Waals surface area contributed by atoms with Crippen molar-refractivity contribution in [1.29, 1.82) is 0 Å². The molecule has 0 aromatic heterocycles. The van der Waals surface area contributed by atoms with Gasteiger partial charge >= 0.3 is 5.97 Å². The van der Waals surface area contributed by atoms with Crippen molar-refractivity contribution in [2.75, 3.05) is 26.7 Å². The highest BCUT2D eigenvalue weighted by atomic mass is 79.9. The van der Waals surface area contributed by atoms with Crippen LogP contribution in [0, 0.1) is 5.92 Å². The summed E-state index contributed by atoms with van der Waals surface area (Å²) in [6.45, 7) is 13.2. The molecule has 22 N–H and O–H groups in total. The van der Waals surface area contributed by atoms with E-state index in [0.717, 1.165) is 52.5 Å². The van der Waals surface area contributed by atoms with E-state index in [9.17, 15) is 65.4 Å². The summed E-state index contributed by atoms with van der Waals surface area (Å²) in [6.07, 6.45) is -22.9. The number of primary amides is 1. The minimum absolute atomic E-state index is 0.118. The summed E-state index contributed by atoms with van der Waals surface area (Å²) in [6, 6.07) is 6.36. The van der Waals surface area contributed by atoms with Crippen LogP contribution in [0.2, 0.25) is 10.0 Å². The summed E-state index contributed by atoms with van der Waals surface area (Å²) in [5.41, 5.74) is 7.76. The molecule has 3 fully saturated rings. The van der Waals surface area contributed by atoms with Crippen molar-refractivity contribution in [1.82, 2.24) is 47.4 Å². The molecule has 0 radical (unpaired) electrons. The number of likely N-dealkylation sites (N-methyl/N-ethyl adjacent to an activating group) is 1. The smallest absolute Gasteiger partial charge is 0.330 e. The molecule has 6 aromatic carbocycles. The second-order valence-corrected chi connectivity index (χ2v) is 34.5. The summed E-state index contributed by atoms with van der Waals surface area (Å²) >= 11 is 18.3. The largest absolute Gasteiger partial charge is 0.507 e. The van der Waals surface area contributed by atoms with Crippen LogP contribution in [0.3, 0.4) is 0 Å². The third-order valence-electron chi connectivity index (χ3n) is 23.3. The van der Waals surface area contributed by atoms with Gasteiger partial charge in [-0.05, 0) is 149 Å². The van der Waals surface area contributed by atoms with Gasteiger partial charge < -0.3 is 143 Å². The number of phenolic OH excluding ortho intramolecular Hbond substituents is 3. The van der Waals surface area contributed by atoms with Crippen molar-refractivity contribution in [3.05, 3.63) is 151 Å². The Bertz CT molecular complexity index is 5050. The Balaban J connectivity index is 1.12. The molecule has 11 bridgehead atoms. The second-order valence-electron chi connectivity index (χ2n) is 32.8. The number of hydrogen-bond acceptors (Lipinski definition) is 29. The number of hydrogen-bond donors (Lipinski definition) is 20. The van der Waals surface area contributed by atoms with Gasteiger partial charge in [0.25, 0.3) is 0 Å². The number of carboxylic acid groups (broad SMARTS) is 1. The number of phenols is 3. The molecule has 6 aromatic rings. The predicted molar refractivity (Wildman–Crippen MR) is 449 cm³/mol. The molecule has 0 spiro atoms. The molecule has 0 saturated carbocycles. The number of carboxylic acids is 1. The van der Waals surface area contributed by atoms with Gasteiger partial charge in [-0.3, -0.25) is 38.5 Å². The molecule has 0 unspecified atom stereocenters. The molecule has 0 aliphatic carbocycles. The maximum atomic E-state index is 16.7. The standard InChI is InChI=1S/C85H104BrCl2N11O26/c1-10-99(11-2)33-45-52(102)28-44-61(68(45)105)43-23-38(16-19-51(43)101)62-78(112)98-66(81(115)96-64(44)82(116)117)71(123-59-30-84(7,90)74(108)36(5)118-59)40-18-21-54(48(88)25-40)121-56-27-42-26-55(72(56)125-83-73(70(107)69(106)57(34-100)122-83)124-60-31-85(8,75(109)37(6)119-60)92-32-41-14-12-13-15-46(41)86)120-53-20-17-39(24-47(53)87)67(104)65(97-76(110)49(91-9)22-35(3)4)80(114)93-50(29-58(89)103)77(111)94-63(42)79(113)95-62/h12-21,23-28,35-37,49-50,57,59-60,62-67,69-71,73-75,83,91-92,100-102,104-109H,10-11,22,29-34,90H2,1-9H3,(H2,89,103)(H,93,114)(H,94,111)(H,95,113)(H,96,115)(H,97,110)(H,98,112)(H,116,117)/t36-,37-,49+,50-,57-,59-,60-,62+,63+,64+,65+,66-,67+,69-,70+,71+,73-,74+,75+,83+,84-,85-/m0/s1. The number of nitrogens with zero attached hydrogens (tertiary/aromatic N) is 1. The van der Waals surface area contributed by atoms with E-state index in [1.165, 1.54) is 51.2 Å². The zero-order chi connectivity index (χ0) is 90.9. The number of amides is 7. The maximum absolute atomic E-state index is 16.7. The van der Waals surface area contributed by atoms with Crippen LogP contribution in [0.4, 0.5) is 0 Å². The first-order valence-electron chi connectivity index (χ1n) is 40.6. The molecule has 676 valence electrons. The number of carbonyl (C=O) groups is 8. The summed E-state index contributed by atoms with van der Waals surface area (Å²) in [5.74, 6) is -15.9. The van der Waals surface area contributed by atoms with Crippen LogP contribution in [0.15, 0.2) is 102 Å². The molecule has 8 heterocycles. The van der Waals surface area contributed by atoms with Gasteiger partial charge in [0.15, 0.2) is 36.2 Å². The first kappa shape index (κ1) is 94.5. The highest BCUT2D eigenvalue weighted by Gasteiger charge is 2.53. The number of ether oxygens (including phenoxy) is 8. The van der Waals surface area contributed by atoms with Crippen LogP contribution in [0.1, 0.15) is 150 Å². The Morgan fingerprint density at radius 1 is 0.696 bits per heavy atom. The van der Waals surface area contributed by atoms with Gasteiger partial charge in [0.2, 0.25) is 53.4 Å². The molecule has 8 aliphatic heterocycles. The second kappa shape index (κ2) is 39.3. The average molecular weight is 1850 g/mol. The van der Waals surface area contributed by atoms with Crippen molar-refractivity contribution in [2.24, 2.45) is 17.4 Å². The van der Waals surface area contributed by atoms with Crippen molar-refractivity contribution in [3.8, 4) is 57.1 Å². The highest BCUT2D eigenvalue weighted by Crippen LogP contribution is 2.52.